The van der Waals surface area contributed by atoms with Gasteiger partial charge in [0.1, 0.15) is 5.75 Å². The molecule has 4 nitrogen and oxygen atoms in total. The fourth-order valence-electron chi connectivity index (χ4n) is 1.04. The SMILES string of the molecule is COc1ccc([C@](C)(O)C(=O)O)cc1. The average Bonchev–Trinajstić information content (AvgIpc) is 2.17. The third kappa shape index (κ3) is 1.85. The van der Waals surface area contributed by atoms with E-state index in [4.69, 9.17) is 9.84 Å². The summed E-state index contributed by atoms with van der Waals surface area (Å²) in [5.41, 5.74) is -1.53. The summed E-state index contributed by atoms with van der Waals surface area (Å²) in [5.74, 6) is -0.655. The topological polar surface area (TPSA) is 66.8 Å². The molecule has 0 amide bonds. The first-order valence-electron chi connectivity index (χ1n) is 4.09. The maximum absolute atomic E-state index is 10.7. The molecule has 1 rings (SSSR count). The van der Waals surface area contributed by atoms with Gasteiger partial charge in [-0.05, 0) is 24.6 Å². The van der Waals surface area contributed by atoms with Crippen molar-refractivity contribution in [3.63, 3.8) is 0 Å². The van der Waals surface area contributed by atoms with Crippen molar-refractivity contribution in [2.45, 2.75) is 12.5 Å². The van der Waals surface area contributed by atoms with E-state index in [-0.39, 0.29) is 0 Å². The van der Waals surface area contributed by atoms with Crippen LogP contribution in [0.3, 0.4) is 0 Å². The standard InChI is InChI=1S/C10H12O4/c1-10(13,9(11)12)7-3-5-8(14-2)6-4-7/h3-6,13H,1-2H3,(H,11,12)/t10-/m0/s1. The minimum atomic E-state index is -1.85. The fourth-order valence-corrected chi connectivity index (χ4v) is 1.04. The molecule has 1 aromatic carbocycles. The third-order valence-electron chi connectivity index (χ3n) is 2.07. The molecule has 0 spiro atoms. The van der Waals surface area contributed by atoms with E-state index in [1.54, 1.807) is 12.1 Å². The molecule has 1 atom stereocenters. The van der Waals surface area contributed by atoms with Gasteiger partial charge in [0.25, 0.3) is 0 Å². The second-order valence-corrected chi connectivity index (χ2v) is 3.11. The van der Waals surface area contributed by atoms with Crippen LogP contribution in [-0.2, 0) is 10.4 Å². The van der Waals surface area contributed by atoms with Crippen molar-refractivity contribution in [3.8, 4) is 5.75 Å². The lowest BCUT2D eigenvalue weighted by Crippen LogP contribution is -2.31. The number of carboxylic acid groups (broad SMARTS) is 1. The summed E-state index contributed by atoms with van der Waals surface area (Å²) in [7, 11) is 1.52. The number of benzene rings is 1. The maximum atomic E-state index is 10.7. The average molecular weight is 196 g/mol. The lowest BCUT2D eigenvalue weighted by Gasteiger charge is -2.18. The van der Waals surface area contributed by atoms with Crippen LogP contribution in [0.15, 0.2) is 24.3 Å². The molecule has 0 saturated carbocycles. The highest BCUT2D eigenvalue weighted by atomic mass is 16.5. The van der Waals surface area contributed by atoms with Crippen LogP contribution in [0.4, 0.5) is 0 Å². The van der Waals surface area contributed by atoms with Crippen molar-refractivity contribution in [3.05, 3.63) is 29.8 Å². The van der Waals surface area contributed by atoms with E-state index in [2.05, 4.69) is 0 Å². The minimum absolute atomic E-state index is 0.325. The molecule has 0 aliphatic heterocycles. The highest BCUT2D eigenvalue weighted by Gasteiger charge is 2.31. The molecule has 0 bridgehead atoms. The number of carboxylic acids is 1. The molecule has 14 heavy (non-hydrogen) atoms. The summed E-state index contributed by atoms with van der Waals surface area (Å²) in [4.78, 5) is 10.7. The maximum Gasteiger partial charge on any atom is 0.340 e. The summed E-state index contributed by atoms with van der Waals surface area (Å²) in [6, 6.07) is 6.25. The lowest BCUT2D eigenvalue weighted by atomic mass is 9.96. The van der Waals surface area contributed by atoms with E-state index in [0.29, 0.717) is 11.3 Å². The van der Waals surface area contributed by atoms with Crippen LogP contribution >= 0.6 is 0 Å². The monoisotopic (exact) mass is 196 g/mol. The highest BCUT2D eigenvalue weighted by Crippen LogP contribution is 2.22. The van der Waals surface area contributed by atoms with Gasteiger partial charge in [-0.25, -0.2) is 4.79 Å². The van der Waals surface area contributed by atoms with E-state index >= 15 is 0 Å². The zero-order valence-electron chi connectivity index (χ0n) is 8.02. The first-order valence-corrected chi connectivity index (χ1v) is 4.09. The van der Waals surface area contributed by atoms with Crippen LogP contribution in [0.25, 0.3) is 0 Å². The lowest BCUT2D eigenvalue weighted by molar-refractivity contribution is -0.157. The second-order valence-electron chi connectivity index (χ2n) is 3.11. The predicted molar refractivity (Wildman–Crippen MR) is 50.2 cm³/mol. The van der Waals surface area contributed by atoms with Crippen LogP contribution in [-0.4, -0.2) is 23.3 Å². The summed E-state index contributed by atoms with van der Waals surface area (Å²) >= 11 is 0. The smallest absolute Gasteiger partial charge is 0.340 e. The number of aliphatic carboxylic acids is 1. The molecular formula is C10H12O4. The Bertz CT molecular complexity index is 326. The van der Waals surface area contributed by atoms with Gasteiger partial charge >= 0.3 is 5.97 Å². The van der Waals surface area contributed by atoms with E-state index in [1.807, 2.05) is 0 Å². The Kier molecular flexibility index (Phi) is 2.76. The summed E-state index contributed by atoms with van der Waals surface area (Å²) < 4.78 is 4.91. The molecule has 76 valence electrons. The molecule has 1 aromatic rings. The van der Waals surface area contributed by atoms with Crippen LogP contribution < -0.4 is 4.74 Å². The van der Waals surface area contributed by atoms with Crippen molar-refractivity contribution >= 4 is 5.97 Å². The molecule has 0 aromatic heterocycles. The molecule has 0 heterocycles. The number of hydrogen-bond acceptors (Lipinski definition) is 3. The number of rotatable bonds is 3. The molecule has 0 radical (unpaired) electrons. The molecule has 0 saturated heterocycles. The van der Waals surface area contributed by atoms with Gasteiger partial charge in [-0.2, -0.15) is 0 Å². The zero-order chi connectivity index (χ0) is 10.8. The van der Waals surface area contributed by atoms with Gasteiger partial charge in [-0.1, -0.05) is 12.1 Å². The van der Waals surface area contributed by atoms with E-state index in [0.717, 1.165) is 0 Å². The molecule has 4 heteroatoms. The Morgan fingerprint density at radius 3 is 2.21 bits per heavy atom. The van der Waals surface area contributed by atoms with E-state index in [1.165, 1.54) is 26.2 Å². The van der Waals surface area contributed by atoms with E-state index in [9.17, 15) is 9.90 Å². The molecular weight excluding hydrogens is 184 g/mol. The van der Waals surface area contributed by atoms with Crippen LogP contribution in [0, 0.1) is 0 Å². The summed E-state index contributed by atoms with van der Waals surface area (Å²) in [5, 5.41) is 18.3. The predicted octanol–water partition coefficient (Wildman–Crippen LogP) is 0.987. The Morgan fingerprint density at radius 1 is 1.36 bits per heavy atom. The normalized spacial score (nSPS) is 14.5. The third-order valence-corrected chi connectivity index (χ3v) is 2.07. The van der Waals surface area contributed by atoms with E-state index < -0.39 is 11.6 Å². The van der Waals surface area contributed by atoms with Gasteiger partial charge in [-0.3, -0.25) is 0 Å². The van der Waals surface area contributed by atoms with Crippen molar-refractivity contribution in [1.82, 2.24) is 0 Å². The van der Waals surface area contributed by atoms with Crippen LogP contribution in [0.1, 0.15) is 12.5 Å². The molecule has 0 fully saturated rings. The molecule has 0 aliphatic carbocycles. The number of hydrogen-bond donors (Lipinski definition) is 2. The number of ether oxygens (including phenoxy) is 1. The first kappa shape index (κ1) is 10.5. The van der Waals surface area contributed by atoms with Crippen molar-refractivity contribution in [2.75, 3.05) is 7.11 Å². The number of carbonyl (C=O) groups is 1. The second kappa shape index (κ2) is 3.67. The molecule has 0 unspecified atom stereocenters. The number of methoxy groups -OCH3 is 1. The first-order chi connectivity index (χ1) is 6.48. The Morgan fingerprint density at radius 2 is 1.86 bits per heavy atom. The largest absolute Gasteiger partial charge is 0.497 e. The summed E-state index contributed by atoms with van der Waals surface area (Å²) in [6.07, 6.45) is 0. The van der Waals surface area contributed by atoms with Crippen molar-refractivity contribution < 1.29 is 19.7 Å². The molecule has 0 aliphatic rings. The van der Waals surface area contributed by atoms with Gasteiger partial charge in [0, 0.05) is 0 Å². The van der Waals surface area contributed by atoms with Gasteiger partial charge in [0.05, 0.1) is 7.11 Å². The Hall–Kier alpha value is -1.55. The van der Waals surface area contributed by atoms with Crippen LogP contribution in [0.2, 0.25) is 0 Å². The Balaban J connectivity index is 3.02. The van der Waals surface area contributed by atoms with Gasteiger partial charge in [-0.15, -0.1) is 0 Å². The number of aliphatic hydroxyl groups is 1. The Labute approximate surface area is 81.8 Å². The fraction of sp³-hybridized carbons (Fsp3) is 0.300. The molecule has 2 N–H and O–H groups in total. The minimum Gasteiger partial charge on any atom is -0.497 e. The van der Waals surface area contributed by atoms with Gasteiger partial charge < -0.3 is 14.9 Å². The van der Waals surface area contributed by atoms with Crippen molar-refractivity contribution in [2.24, 2.45) is 0 Å². The van der Waals surface area contributed by atoms with Gasteiger partial charge in [0.2, 0.25) is 0 Å². The summed E-state index contributed by atoms with van der Waals surface area (Å²) in [6.45, 7) is 1.23. The highest BCUT2D eigenvalue weighted by molar-refractivity contribution is 5.78. The van der Waals surface area contributed by atoms with Crippen molar-refractivity contribution in [1.29, 1.82) is 0 Å². The quantitative estimate of drug-likeness (QED) is 0.756. The van der Waals surface area contributed by atoms with Crippen LogP contribution in [0.5, 0.6) is 5.75 Å². The van der Waals surface area contributed by atoms with Gasteiger partial charge in [0.15, 0.2) is 5.60 Å². The zero-order valence-corrected chi connectivity index (χ0v) is 8.02.